The number of morpholine rings is 1. The molecular formula is C24H32ClN5O3. The van der Waals surface area contributed by atoms with E-state index in [2.05, 4.69) is 26.6 Å². The molecule has 2 fully saturated rings. The van der Waals surface area contributed by atoms with Crippen molar-refractivity contribution in [3.63, 3.8) is 0 Å². The molecule has 9 heteroatoms. The monoisotopic (exact) mass is 473 g/mol. The molecule has 1 aliphatic carbocycles. The van der Waals surface area contributed by atoms with Crippen LogP contribution >= 0.6 is 12.4 Å². The van der Waals surface area contributed by atoms with E-state index in [0.29, 0.717) is 35.6 Å². The summed E-state index contributed by atoms with van der Waals surface area (Å²) >= 11 is 0. The van der Waals surface area contributed by atoms with Crippen LogP contribution in [-0.2, 0) is 11.2 Å². The van der Waals surface area contributed by atoms with E-state index in [1.54, 1.807) is 0 Å². The van der Waals surface area contributed by atoms with Gasteiger partial charge in [-0.3, -0.25) is 19.5 Å². The lowest BCUT2D eigenvalue weighted by Gasteiger charge is -2.26. The van der Waals surface area contributed by atoms with Crippen LogP contribution in [0.25, 0.3) is 22.8 Å². The number of aromatic nitrogens is 4. The molecule has 1 saturated carbocycles. The normalized spacial score (nSPS) is 17.4. The van der Waals surface area contributed by atoms with Crippen LogP contribution in [0.1, 0.15) is 44.3 Å². The molecular weight excluding hydrogens is 442 g/mol. The van der Waals surface area contributed by atoms with Crippen LogP contribution in [0, 0.1) is 0 Å². The molecule has 3 aliphatic heterocycles. The van der Waals surface area contributed by atoms with Crippen LogP contribution in [0.15, 0.2) is 29.1 Å². The number of nitrogens with one attached hydrogen (secondary N) is 1. The number of para-hydroxylation sites is 1. The predicted octanol–water partition coefficient (Wildman–Crippen LogP) is 3.55. The molecule has 33 heavy (non-hydrogen) atoms. The number of H-pyrrole nitrogens is 1. The minimum absolute atomic E-state index is 0. The van der Waals surface area contributed by atoms with E-state index in [0.717, 1.165) is 63.4 Å². The van der Waals surface area contributed by atoms with Gasteiger partial charge in [-0.05, 0) is 31.4 Å². The molecule has 0 unspecified atom stereocenters. The number of nitrogens with zero attached hydrogens (tertiary/aromatic N) is 4. The maximum absolute atomic E-state index is 13.1. The number of aromatic amines is 1. The van der Waals surface area contributed by atoms with Gasteiger partial charge >= 0.3 is 0 Å². The van der Waals surface area contributed by atoms with Crippen molar-refractivity contribution >= 4 is 12.4 Å². The molecule has 0 radical (unpaired) electrons. The zero-order chi connectivity index (χ0) is 21.9. The van der Waals surface area contributed by atoms with E-state index < -0.39 is 0 Å². The number of hydrogen-bond acceptors (Lipinski definition) is 6. The predicted molar refractivity (Wildman–Crippen MR) is 130 cm³/mol. The van der Waals surface area contributed by atoms with Crippen molar-refractivity contribution in [2.24, 2.45) is 0 Å². The third kappa shape index (κ3) is 4.93. The summed E-state index contributed by atoms with van der Waals surface area (Å²) in [6.07, 6.45) is 5.38. The Bertz CT molecular complexity index is 1090. The average Bonchev–Trinajstić information content (AvgIpc) is 3.48. The van der Waals surface area contributed by atoms with Crippen molar-refractivity contribution in [1.29, 1.82) is 0 Å². The molecule has 1 saturated heterocycles. The standard InChI is InChI=1S/C24H31N5O3.ClH/c1-2-19-21-23(29(27-19)17-7-3-4-8-17)25-22(26-24(21)30)18-9-5-6-10-20(18)32-16-13-28-11-14-31-15-12-28;/h5-6,9-10,17,27H,2-4,7-8,11-16H2,1H3;1H. The number of benzene rings is 1. The summed E-state index contributed by atoms with van der Waals surface area (Å²) in [6.45, 7) is 6.86. The molecule has 178 valence electrons. The molecule has 1 N–H and O–H groups in total. The van der Waals surface area contributed by atoms with Gasteiger partial charge < -0.3 is 9.47 Å². The van der Waals surface area contributed by atoms with E-state index in [9.17, 15) is 4.79 Å². The fourth-order valence-electron chi connectivity index (χ4n) is 4.81. The summed E-state index contributed by atoms with van der Waals surface area (Å²) in [5, 5.41) is 3.45. The number of aryl methyl sites for hydroxylation is 1. The van der Waals surface area contributed by atoms with E-state index in [4.69, 9.17) is 14.5 Å². The molecule has 4 aliphatic rings. The summed E-state index contributed by atoms with van der Waals surface area (Å²) in [7, 11) is 0. The van der Waals surface area contributed by atoms with E-state index >= 15 is 0 Å². The Hall–Kier alpha value is -2.42. The zero-order valence-corrected chi connectivity index (χ0v) is 19.9. The van der Waals surface area contributed by atoms with Crippen molar-refractivity contribution in [3.05, 3.63) is 40.3 Å². The van der Waals surface area contributed by atoms with Crippen molar-refractivity contribution in [3.8, 4) is 28.5 Å². The van der Waals surface area contributed by atoms with Gasteiger partial charge in [0.05, 0.1) is 24.8 Å². The van der Waals surface area contributed by atoms with Crippen LogP contribution in [0.4, 0.5) is 0 Å². The Kier molecular flexibility index (Phi) is 7.67. The first-order valence-electron chi connectivity index (χ1n) is 11.8. The smallest absolute Gasteiger partial charge is 0.284 e. The van der Waals surface area contributed by atoms with Crippen LogP contribution in [0.5, 0.6) is 5.75 Å². The summed E-state index contributed by atoms with van der Waals surface area (Å²) < 4.78 is 13.6. The number of rotatable bonds is 7. The van der Waals surface area contributed by atoms with Gasteiger partial charge in [0.2, 0.25) is 0 Å². The van der Waals surface area contributed by atoms with Gasteiger partial charge in [-0.2, -0.15) is 4.98 Å². The molecule has 3 heterocycles. The largest absolute Gasteiger partial charge is 0.491 e. The lowest BCUT2D eigenvalue weighted by atomic mass is 10.1. The fourth-order valence-corrected chi connectivity index (χ4v) is 4.81. The van der Waals surface area contributed by atoms with Gasteiger partial charge in [0.15, 0.2) is 11.6 Å². The second kappa shape index (κ2) is 10.7. The van der Waals surface area contributed by atoms with Crippen LogP contribution in [0.3, 0.4) is 0 Å². The molecule has 0 aromatic heterocycles. The topological polar surface area (TPSA) is 85.3 Å². The van der Waals surface area contributed by atoms with Gasteiger partial charge in [0.25, 0.3) is 5.56 Å². The number of fused-ring (bicyclic) bond motifs is 1. The first-order chi connectivity index (χ1) is 15.7. The summed E-state index contributed by atoms with van der Waals surface area (Å²) in [5.74, 6) is 1.85. The number of hydrogen-bond donors (Lipinski definition) is 1. The van der Waals surface area contributed by atoms with Crippen LogP contribution in [-0.4, -0.2) is 64.1 Å². The van der Waals surface area contributed by atoms with Gasteiger partial charge in [0.1, 0.15) is 17.9 Å². The lowest BCUT2D eigenvalue weighted by molar-refractivity contribution is 0.0323. The maximum atomic E-state index is 13.1. The molecule has 1 aromatic rings. The van der Waals surface area contributed by atoms with Gasteiger partial charge in [-0.15, -0.1) is 12.4 Å². The molecule has 8 nitrogen and oxygen atoms in total. The summed E-state index contributed by atoms with van der Waals surface area (Å²) in [6, 6.07) is 8.08. The molecule has 0 amide bonds. The second-order valence-electron chi connectivity index (χ2n) is 8.60. The van der Waals surface area contributed by atoms with E-state index in [1.165, 1.54) is 12.8 Å². The summed E-state index contributed by atoms with van der Waals surface area (Å²) in [5.41, 5.74) is 2.07. The van der Waals surface area contributed by atoms with Gasteiger partial charge in [-0.1, -0.05) is 31.9 Å². The lowest BCUT2D eigenvalue weighted by Crippen LogP contribution is -2.38. The Morgan fingerprint density at radius 1 is 1.15 bits per heavy atom. The molecule has 5 rings (SSSR count). The van der Waals surface area contributed by atoms with E-state index in [-0.39, 0.29) is 18.0 Å². The quantitative estimate of drug-likeness (QED) is 0.564. The van der Waals surface area contributed by atoms with Crippen molar-refractivity contribution < 1.29 is 9.47 Å². The van der Waals surface area contributed by atoms with Crippen LogP contribution in [0.2, 0.25) is 0 Å². The van der Waals surface area contributed by atoms with Crippen LogP contribution < -0.4 is 10.3 Å². The first kappa shape index (κ1) is 23.7. The Morgan fingerprint density at radius 2 is 1.91 bits per heavy atom. The zero-order valence-electron chi connectivity index (χ0n) is 19.1. The third-order valence-electron chi connectivity index (χ3n) is 6.58. The molecule has 0 spiro atoms. The highest BCUT2D eigenvalue weighted by Gasteiger charge is 2.28. The fraction of sp³-hybridized carbons (Fsp3) is 0.542. The average molecular weight is 474 g/mol. The third-order valence-corrected chi connectivity index (χ3v) is 6.58. The molecule has 0 bridgehead atoms. The highest BCUT2D eigenvalue weighted by molar-refractivity contribution is 5.85. The van der Waals surface area contributed by atoms with Crippen molar-refractivity contribution in [1.82, 2.24) is 24.6 Å². The Labute approximate surface area is 200 Å². The van der Waals surface area contributed by atoms with Gasteiger partial charge in [0, 0.05) is 25.3 Å². The Balaban J connectivity index is 0.00000259. The van der Waals surface area contributed by atoms with Crippen molar-refractivity contribution in [2.75, 3.05) is 39.5 Å². The first-order valence-corrected chi connectivity index (χ1v) is 11.8. The highest BCUT2D eigenvalue weighted by Crippen LogP contribution is 2.35. The molecule has 1 aromatic carbocycles. The second-order valence-corrected chi connectivity index (χ2v) is 8.60. The van der Waals surface area contributed by atoms with Gasteiger partial charge in [-0.25, -0.2) is 4.98 Å². The number of ether oxygens (including phenoxy) is 2. The Morgan fingerprint density at radius 3 is 2.67 bits per heavy atom. The highest BCUT2D eigenvalue weighted by atomic mass is 35.5. The molecule has 0 atom stereocenters. The maximum Gasteiger partial charge on any atom is 0.284 e. The minimum Gasteiger partial charge on any atom is -0.491 e. The van der Waals surface area contributed by atoms with Crippen molar-refractivity contribution in [2.45, 2.75) is 45.1 Å². The number of halogens is 1. The minimum atomic E-state index is -0.224. The SMILES string of the molecule is CCc1[nH]n(C2CCCC2)c2nc(-c3ccccc3OCCN3CCOCC3)nc(=O)c1-2.Cl. The summed E-state index contributed by atoms with van der Waals surface area (Å²) in [4.78, 5) is 24.7. The van der Waals surface area contributed by atoms with E-state index in [1.807, 2.05) is 24.3 Å².